The number of hydrogen-bond donors (Lipinski definition) is 1. The van der Waals surface area contributed by atoms with Crippen LogP contribution >= 0.6 is 0 Å². The lowest BCUT2D eigenvalue weighted by atomic mass is 10.0. The molecule has 2 N–H and O–H groups in total. The molecule has 1 heterocycles. The van der Waals surface area contributed by atoms with Crippen LogP contribution in [0.15, 0.2) is 57.7 Å². The first-order valence-electron chi connectivity index (χ1n) is 6.62. The Morgan fingerprint density at radius 2 is 1.77 bits per heavy atom. The number of carbonyl (C=O) groups excluding carboxylic acids is 1. The Balaban J connectivity index is 2.16. The summed E-state index contributed by atoms with van der Waals surface area (Å²) in [5.41, 5.74) is 5.95. The maximum atomic E-state index is 12.6. The van der Waals surface area contributed by atoms with Crippen LogP contribution < -0.4 is 16.1 Å². The number of fused-ring (bicyclic) bond motifs is 1. The van der Waals surface area contributed by atoms with Crippen molar-refractivity contribution < 1.29 is 13.9 Å². The molecule has 5 heteroatoms. The number of carbonyl (C=O) groups is 1. The van der Waals surface area contributed by atoms with Crippen LogP contribution in [-0.2, 0) is 0 Å². The zero-order valence-corrected chi connectivity index (χ0v) is 11.8. The standard InChI is InChI=1S/C17H13NO4/c1-21-11-8-6-10(7-9-11)16(19)14-15(18)12-4-2-3-5-13(12)22-17(14)20/h2-9H,18H2,1H3. The van der Waals surface area contributed by atoms with Crippen molar-refractivity contribution in [3.05, 3.63) is 70.1 Å². The third-order valence-electron chi connectivity index (χ3n) is 3.43. The second-order valence-corrected chi connectivity index (χ2v) is 4.73. The number of para-hydroxylation sites is 1. The SMILES string of the molecule is COc1ccc(C(=O)c2c(N)c3ccccc3oc2=O)cc1. The Bertz CT molecular complexity index is 910. The topological polar surface area (TPSA) is 82.5 Å². The predicted molar refractivity (Wildman–Crippen MR) is 83.3 cm³/mol. The molecule has 2 aromatic carbocycles. The van der Waals surface area contributed by atoms with E-state index < -0.39 is 11.4 Å². The summed E-state index contributed by atoms with van der Waals surface area (Å²) in [5, 5.41) is 0.541. The van der Waals surface area contributed by atoms with E-state index in [0.717, 1.165) is 0 Å². The average molecular weight is 295 g/mol. The van der Waals surface area contributed by atoms with Gasteiger partial charge in [-0.05, 0) is 36.4 Å². The first-order chi connectivity index (χ1) is 10.6. The van der Waals surface area contributed by atoms with Gasteiger partial charge in [-0.3, -0.25) is 4.79 Å². The van der Waals surface area contributed by atoms with Crippen molar-refractivity contribution in [2.75, 3.05) is 12.8 Å². The van der Waals surface area contributed by atoms with Crippen LogP contribution in [-0.4, -0.2) is 12.9 Å². The van der Waals surface area contributed by atoms with Gasteiger partial charge in [-0.25, -0.2) is 4.79 Å². The molecule has 0 radical (unpaired) electrons. The molecule has 0 fully saturated rings. The van der Waals surface area contributed by atoms with Crippen LogP contribution in [0.3, 0.4) is 0 Å². The molecule has 0 saturated heterocycles. The highest BCUT2D eigenvalue weighted by atomic mass is 16.5. The Labute approximate surface area is 125 Å². The van der Waals surface area contributed by atoms with Crippen molar-refractivity contribution in [1.29, 1.82) is 0 Å². The predicted octanol–water partition coefficient (Wildman–Crippen LogP) is 2.61. The summed E-state index contributed by atoms with van der Waals surface area (Å²) >= 11 is 0. The highest BCUT2D eigenvalue weighted by Gasteiger charge is 2.20. The Kier molecular flexibility index (Phi) is 3.39. The molecule has 3 rings (SSSR count). The van der Waals surface area contributed by atoms with E-state index in [-0.39, 0.29) is 11.3 Å². The number of benzene rings is 2. The number of methoxy groups -OCH3 is 1. The van der Waals surface area contributed by atoms with E-state index in [1.54, 1.807) is 48.5 Å². The Morgan fingerprint density at radius 1 is 1.09 bits per heavy atom. The highest BCUT2D eigenvalue weighted by molar-refractivity contribution is 6.14. The van der Waals surface area contributed by atoms with E-state index in [2.05, 4.69) is 0 Å². The number of nitrogens with two attached hydrogens (primary N) is 1. The highest BCUT2D eigenvalue weighted by Crippen LogP contribution is 2.24. The van der Waals surface area contributed by atoms with Gasteiger partial charge in [0, 0.05) is 10.9 Å². The molecule has 110 valence electrons. The summed E-state index contributed by atoms with van der Waals surface area (Å²) < 4.78 is 10.2. The number of anilines is 1. The van der Waals surface area contributed by atoms with Crippen molar-refractivity contribution in [2.24, 2.45) is 0 Å². The molecule has 3 aromatic rings. The number of ether oxygens (including phenoxy) is 1. The summed E-state index contributed by atoms with van der Waals surface area (Å²) in [5.74, 6) is 0.148. The molecule has 0 aliphatic carbocycles. The van der Waals surface area contributed by atoms with Crippen LogP contribution in [0.1, 0.15) is 15.9 Å². The Morgan fingerprint density at radius 3 is 2.45 bits per heavy atom. The van der Waals surface area contributed by atoms with E-state index in [0.29, 0.717) is 22.3 Å². The maximum absolute atomic E-state index is 12.6. The van der Waals surface area contributed by atoms with Crippen molar-refractivity contribution >= 4 is 22.4 Å². The summed E-state index contributed by atoms with van der Waals surface area (Å²) in [6.07, 6.45) is 0. The second kappa shape index (κ2) is 5.37. The molecule has 0 aliphatic heterocycles. The lowest BCUT2D eigenvalue weighted by Crippen LogP contribution is -2.18. The first-order valence-corrected chi connectivity index (χ1v) is 6.62. The smallest absolute Gasteiger partial charge is 0.349 e. The van der Waals surface area contributed by atoms with Gasteiger partial charge < -0.3 is 14.9 Å². The van der Waals surface area contributed by atoms with Gasteiger partial charge in [-0.2, -0.15) is 0 Å². The molecule has 1 aromatic heterocycles. The molecule has 0 atom stereocenters. The monoisotopic (exact) mass is 295 g/mol. The summed E-state index contributed by atoms with van der Waals surface area (Å²) in [6.45, 7) is 0. The largest absolute Gasteiger partial charge is 0.497 e. The summed E-state index contributed by atoms with van der Waals surface area (Å²) in [7, 11) is 1.53. The minimum absolute atomic E-state index is 0.132. The number of ketones is 1. The molecule has 0 aliphatic rings. The van der Waals surface area contributed by atoms with Gasteiger partial charge in [0.2, 0.25) is 5.78 Å². The van der Waals surface area contributed by atoms with Crippen molar-refractivity contribution in [3.8, 4) is 5.75 Å². The van der Waals surface area contributed by atoms with Crippen LogP contribution in [0.2, 0.25) is 0 Å². The third kappa shape index (κ3) is 2.22. The summed E-state index contributed by atoms with van der Waals surface area (Å²) in [4.78, 5) is 24.7. The van der Waals surface area contributed by atoms with Crippen LogP contribution in [0.5, 0.6) is 5.75 Å². The van der Waals surface area contributed by atoms with Crippen molar-refractivity contribution in [2.45, 2.75) is 0 Å². The Hall–Kier alpha value is -3.08. The van der Waals surface area contributed by atoms with Crippen LogP contribution in [0.25, 0.3) is 11.0 Å². The van der Waals surface area contributed by atoms with Gasteiger partial charge in [-0.1, -0.05) is 12.1 Å². The van der Waals surface area contributed by atoms with E-state index in [4.69, 9.17) is 14.9 Å². The minimum Gasteiger partial charge on any atom is -0.497 e. The molecule has 0 amide bonds. The molecule has 0 unspecified atom stereocenters. The molecule has 0 spiro atoms. The van der Waals surface area contributed by atoms with E-state index in [1.165, 1.54) is 7.11 Å². The van der Waals surface area contributed by atoms with E-state index >= 15 is 0 Å². The molecule has 0 bridgehead atoms. The second-order valence-electron chi connectivity index (χ2n) is 4.73. The number of nitrogen functional groups attached to an aromatic ring is 1. The van der Waals surface area contributed by atoms with Crippen molar-refractivity contribution in [3.63, 3.8) is 0 Å². The molecule has 0 saturated carbocycles. The fraction of sp³-hybridized carbons (Fsp3) is 0.0588. The van der Waals surface area contributed by atoms with E-state index in [9.17, 15) is 9.59 Å². The first kappa shape index (κ1) is 13.9. The molecule has 5 nitrogen and oxygen atoms in total. The van der Waals surface area contributed by atoms with Crippen LogP contribution in [0, 0.1) is 0 Å². The average Bonchev–Trinajstić information content (AvgIpc) is 2.55. The maximum Gasteiger partial charge on any atom is 0.349 e. The lowest BCUT2D eigenvalue weighted by Gasteiger charge is -2.07. The van der Waals surface area contributed by atoms with E-state index in [1.807, 2.05) is 0 Å². The molecule has 22 heavy (non-hydrogen) atoms. The summed E-state index contributed by atoms with van der Waals surface area (Å²) in [6, 6.07) is 13.3. The quantitative estimate of drug-likeness (QED) is 0.593. The zero-order chi connectivity index (χ0) is 15.7. The zero-order valence-electron chi connectivity index (χ0n) is 11.8. The van der Waals surface area contributed by atoms with Gasteiger partial charge >= 0.3 is 5.63 Å². The number of rotatable bonds is 3. The molecular formula is C17H13NO4. The third-order valence-corrected chi connectivity index (χ3v) is 3.43. The van der Waals surface area contributed by atoms with Gasteiger partial charge in [0.05, 0.1) is 12.8 Å². The van der Waals surface area contributed by atoms with Crippen molar-refractivity contribution in [1.82, 2.24) is 0 Å². The van der Waals surface area contributed by atoms with Gasteiger partial charge in [0.25, 0.3) is 0 Å². The molecular weight excluding hydrogens is 282 g/mol. The van der Waals surface area contributed by atoms with Gasteiger partial charge in [-0.15, -0.1) is 0 Å². The van der Waals surface area contributed by atoms with Crippen LogP contribution in [0.4, 0.5) is 5.69 Å². The fourth-order valence-corrected chi connectivity index (χ4v) is 2.28. The normalized spacial score (nSPS) is 10.6. The lowest BCUT2D eigenvalue weighted by molar-refractivity contribution is 0.103. The minimum atomic E-state index is -0.739. The number of hydrogen-bond acceptors (Lipinski definition) is 5. The van der Waals surface area contributed by atoms with Gasteiger partial charge in [0.15, 0.2) is 0 Å². The van der Waals surface area contributed by atoms with Gasteiger partial charge in [0.1, 0.15) is 16.9 Å². The fourth-order valence-electron chi connectivity index (χ4n) is 2.28.